The van der Waals surface area contributed by atoms with E-state index in [4.69, 9.17) is 4.74 Å². The number of para-hydroxylation sites is 1. The molecule has 0 fully saturated rings. The third kappa shape index (κ3) is 2.64. The first-order valence-corrected chi connectivity index (χ1v) is 8.17. The number of alkyl halides is 3. The van der Waals surface area contributed by atoms with E-state index in [-0.39, 0.29) is 6.61 Å². The SMILES string of the molecule is CCOC(=O)C(C#N)=C(C(F)(F)F)C1(C)N(C)c2ccccc2C1(C)C. The van der Waals surface area contributed by atoms with Gasteiger partial charge in [0.25, 0.3) is 0 Å². The van der Waals surface area contributed by atoms with Crippen LogP contribution in [0.4, 0.5) is 18.9 Å². The second kappa shape index (κ2) is 6.35. The minimum atomic E-state index is -4.89. The highest BCUT2D eigenvalue weighted by molar-refractivity contribution is 5.95. The summed E-state index contributed by atoms with van der Waals surface area (Å²) in [6.45, 7) is 6.13. The molecule has 4 nitrogen and oxygen atoms in total. The lowest BCUT2D eigenvalue weighted by Crippen LogP contribution is -2.57. The fraction of sp³-hybridized carbons (Fsp3) is 0.474. The smallest absolute Gasteiger partial charge is 0.416 e. The van der Waals surface area contributed by atoms with Crippen LogP contribution in [-0.4, -0.2) is 31.3 Å². The number of carbonyl (C=O) groups excluding carboxylic acids is 1. The van der Waals surface area contributed by atoms with E-state index >= 15 is 0 Å². The van der Waals surface area contributed by atoms with Gasteiger partial charge in [0.1, 0.15) is 11.6 Å². The summed E-state index contributed by atoms with van der Waals surface area (Å²) in [4.78, 5) is 13.6. The average Bonchev–Trinajstić information content (AvgIpc) is 2.70. The van der Waals surface area contributed by atoms with E-state index in [0.717, 1.165) is 0 Å². The van der Waals surface area contributed by atoms with Gasteiger partial charge in [-0.1, -0.05) is 32.0 Å². The van der Waals surface area contributed by atoms with Gasteiger partial charge in [-0.3, -0.25) is 0 Å². The molecule has 0 radical (unpaired) electrons. The molecule has 0 aliphatic carbocycles. The standard InChI is InChI=1S/C19H21F3N2O2/c1-6-26-16(25)12(11-23)15(19(20,21)22)18(4)17(2,3)13-9-7-8-10-14(13)24(18)5/h7-10H,6H2,1-5H3. The van der Waals surface area contributed by atoms with Crippen LogP contribution in [0.5, 0.6) is 0 Å². The Labute approximate surface area is 150 Å². The van der Waals surface area contributed by atoms with Gasteiger partial charge >= 0.3 is 12.1 Å². The molecule has 0 spiro atoms. The maximum atomic E-state index is 14.2. The van der Waals surface area contributed by atoms with Gasteiger partial charge < -0.3 is 9.64 Å². The molecule has 7 heteroatoms. The monoisotopic (exact) mass is 366 g/mol. The molecule has 26 heavy (non-hydrogen) atoms. The third-order valence-electron chi connectivity index (χ3n) is 5.44. The summed E-state index contributed by atoms with van der Waals surface area (Å²) in [5, 5.41) is 9.38. The van der Waals surface area contributed by atoms with Crippen LogP contribution < -0.4 is 4.90 Å². The van der Waals surface area contributed by atoms with Crippen LogP contribution in [0.15, 0.2) is 35.4 Å². The number of nitriles is 1. The molecule has 1 aliphatic heterocycles. The molecular formula is C19H21F3N2O2. The van der Waals surface area contributed by atoms with Crippen molar-refractivity contribution >= 4 is 11.7 Å². The molecule has 0 saturated carbocycles. The molecule has 2 rings (SSSR count). The summed E-state index contributed by atoms with van der Waals surface area (Å²) in [6, 6.07) is 8.43. The van der Waals surface area contributed by atoms with Crippen LogP contribution in [0.1, 0.15) is 33.3 Å². The van der Waals surface area contributed by atoms with E-state index in [0.29, 0.717) is 11.3 Å². The van der Waals surface area contributed by atoms with Crippen molar-refractivity contribution in [2.24, 2.45) is 0 Å². The van der Waals surface area contributed by atoms with E-state index in [9.17, 15) is 23.2 Å². The maximum absolute atomic E-state index is 14.2. The van der Waals surface area contributed by atoms with Crippen molar-refractivity contribution in [1.29, 1.82) is 5.26 Å². The van der Waals surface area contributed by atoms with Crippen molar-refractivity contribution in [1.82, 2.24) is 0 Å². The van der Waals surface area contributed by atoms with E-state index in [1.165, 1.54) is 24.8 Å². The fourth-order valence-corrected chi connectivity index (χ4v) is 3.77. The molecule has 1 aromatic carbocycles. The highest BCUT2D eigenvalue weighted by atomic mass is 19.4. The number of halogens is 3. The molecular weight excluding hydrogens is 345 g/mol. The van der Waals surface area contributed by atoms with Crippen molar-refractivity contribution in [3.8, 4) is 6.07 Å². The highest BCUT2D eigenvalue weighted by Gasteiger charge is 2.62. The van der Waals surface area contributed by atoms with Gasteiger partial charge in [0, 0.05) is 18.2 Å². The van der Waals surface area contributed by atoms with Gasteiger partial charge in [-0.25, -0.2) is 4.79 Å². The number of esters is 1. The first kappa shape index (κ1) is 19.8. The molecule has 1 aromatic rings. The number of nitrogens with zero attached hydrogens (tertiary/aromatic N) is 2. The quantitative estimate of drug-likeness (QED) is 0.459. The molecule has 0 aromatic heterocycles. The van der Waals surface area contributed by atoms with Crippen LogP contribution in [0.2, 0.25) is 0 Å². The van der Waals surface area contributed by atoms with Crippen LogP contribution in [0.25, 0.3) is 0 Å². The number of ether oxygens (including phenoxy) is 1. The Balaban J connectivity index is 2.86. The van der Waals surface area contributed by atoms with E-state index < -0.39 is 34.2 Å². The minimum absolute atomic E-state index is 0.120. The number of hydrogen-bond donors (Lipinski definition) is 0. The molecule has 1 atom stereocenters. The van der Waals surface area contributed by atoms with Gasteiger partial charge in [0.05, 0.1) is 17.7 Å². The highest BCUT2D eigenvalue weighted by Crippen LogP contribution is 2.57. The molecule has 0 saturated heterocycles. The van der Waals surface area contributed by atoms with E-state index in [1.807, 2.05) is 0 Å². The van der Waals surface area contributed by atoms with Gasteiger partial charge in [0.15, 0.2) is 0 Å². The van der Waals surface area contributed by atoms with Crippen molar-refractivity contribution in [3.63, 3.8) is 0 Å². The lowest BCUT2D eigenvalue weighted by Gasteiger charge is -2.46. The van der Waals surface area contributed by atoms with Crippen LogP contribution in [-0.2, 0) is 14.9 Å². The Bertz CT molecular complexity index is 806. The second-order valence-electron chi connectivity index (χ2n) is 6.85. The number of anilines is 1. The summed E-state index contributed by atoms with van der Waals surface area (Å²) < 4.78 is 47.2. The molecule has 1 unspecified atom stereocenters. The van der Waals surface area contributed by atoms with Crippen molar-refractivity contribution < 1.29 is 22.7 Å². The lowest BCUT2D eigenvalue weighted by molar-refractivity contribution is -0.140. The first-order valence-electron chi connectivity index (χ1n) is 8.17. The zero-order valence-electron chi connectivity index (χ0n) is 15.4. The predicted octanol–water partition coefficient (Wildman–Crippen LogP) is 4.12. The van der Waals surface area contributed by atoms with Gasteiger partial charge in [-0.15, -0.1) is 0 Å². The van der Waals surface area contributed by atoms with Gasteiger partial charge in [-0.05, 0) is 25.5 Å². The zero-order valence-corrected chi connectivity index (χ0v) is 15.4. The maximum Gasteiger partial charge on any atom is 0.416 e. The molecule has 1 heterocycles. The van der Waals surface area contributed by atoms with Gasteiger partial charge in [0.2, 0.25) is 0 Å². The van der Waals surface area contributed by atoms with Crippen molar-refractivity contribution in [2.75, 3.05) is 18.6 Å². The summed E-state index contributed by atoms with van der Waals surface area (Å²) in [5.41, 5.74) is -3.54. The van der Waals surface area contributed by atoms with Crippen LogP contribution in [0.3, 0.4) is 0 Å². The number of hydrogen-bond acceptors (Lipinski definition) is 4. The largest absolute Gasteiger partial charge is 0.462 e. The Morgan fingerprint density at radius 2 is 1.85 bits per heavy atom. The normalized spacial score (nSPS) is 22.3. The summed E-state index contributed by atoms with van der Waals surface area (Å²) in [5.74, 6) is -1.26. The second-order valence-corrected chi connectivity index (χ2v) is 6.85. The number of likely N-dealkylation sites (N-methyl/N-ethyl adjacent to an activating group) is 1. The predicted molar refractivity (Wildman–Crippen MR) is 91.6 cm³/mol. The molecule has 1 aliphatic rings. The Hall–Kier alpha value is -2.49. The number of carbonyl (C=O) groups is 1. The minimum Gasteiger partial charge on any atom is -0.462 e. The van der Waals surface area contributed by atoms with Crippen LogP contribution >= 0.6 is 0 Å². The van der Waals surface area contributed by atoms with E-state index in [1.54, 1.807) is 45.2 Å². The summed E-state index contributed by atoms with van der Waals surface area (Å²) in [7, 11) is 1.54. The first-order chi connectivity index (χ1) is 11.9. The van der Waals surface area contributed by atoms with Crippen LogP contribution in [0, 0.1) is 11.3 Å². The molecule has 0 amide bonds. The third-order valence-corrected chi connectivity index (χ3v) is 5.44. The fourth-order valence-electron chi connectivity index (χ4n) is 3.77. The zero-order chi connectivity index (χ0) is 19.9. The summed E-state index contributed by atoms with van der Waals surface area (Å²) >= 11 is 0. The van der Waals surface area contributed by atoms with Gasteiger partial charge in [-0.2, -0.15) is 18.4 Å². The number of benzene rings is 1. The molecule has 140 valence electrons. The summed E-state index contributed by atoms with van der Waals surface area (Å²) in [6.07, 6.45) is -4.89. The molecule has 0 bridgehead atoms. The topological polar surface area (TPSA) is 53.3 Å². The number of rotatable bonds is 3. The average molecular weight is 366 g/mol. The van der Waals surface area contributed by atoms with Crippen molar-refractivity contribution in [2.45, 2.75) is 44.8 Å². The van der Waals surface area contributed by atoms with Crippen molar-refractivity contribution in [3.05, 3.63) is 41.0 Å². The molecule has 0 N–H and O–H groups in total. The Morgan fingerprint density at radius 3 is 2.31 bits per heavy atom. The Kier molecular flexibility index (Phi) is 4.84. The lowest BCUT2D eigenvalue weighted by atomic mass is 9.66. The Morgan fingerprint density at radius 1 is 1.27 bits per heavy atom. The number of fused-ring (bicyclic) bond motifs is 1. The van der Waals surface area contributed by atoms with E-state index in [2.05, 4.69) is 0 Å².